The minimum absolute atomic E-state index is 0.404. The molecular formula is C6H12BrO4P. The number of methoxy groups -OCH3 is 1. The Balaban J connectivity index is 4.34. The van der Waals surface area contributed by atoms with Crippen LogP contribution in [0.25, 0.3) is 0 Å². The molecule has 0 bridgehead atoms. The molecule has 0 saturated heterocycles. The third kappa shape index (κ3) is 4.80. The maximum Gasteiger partial charge on any atom is 0.364 e. The predicted octanol–water partition coefficient (Wildman–Crippen LogP) is 2.05. The number of alkyl halides is 1. The summed E-state index contributed by atoms with van der Waals surface area (Å²) >= 11 is 3.31. The van der Waals surface area contributed by atoms with Gasteiger partial charge in [0.05, 0.1) is 11.4 Å². The first-order valence-corrected chi connectivity index (χ1v) is 5.26. The molecule has 1 atom stereocenters. The molecule has 1 N–H and O–H groups in total. The van der Waals surface area contributed by atoms with Crippen LogP contribution in [-0.2, 0) is 13.8 Å². The summed E-state index contributed by atoms with van der Waals surface area (Å²) in [7, 11) is -1.46. The highest BCUT2D eigenvalue weighted by molar-refractivity contribution is 9.10. The zero-order valence-corrected chi connectivity index (χ0v) is 9.71. The Kier molecular flexibility index (Phi) is 4.90. The summed E-state index contributed by atoms with van der Waals surface area (Å²) < 4.78 is 19.1. The Morgan fingerprint density at radius 1 is 1.67 bits per heavy atom. The van der Waals surface area contributed by atoms with Gasteiger partial charge in [-0.05, 0) is 13.8 Å². The van der Waals surface area contributed by atoms with Gasteiger partial charge >= 0.3 is 8.25 Å². The van der Waals surface area contributed by atoms with Crippen LogP contribution < -0.4 is 0 Å². The summed E-state index contributed by atoms with van der Waals surface area (Å²) in [4.78, 5) is 8.37. The van der Waals surface area contributed by atoms with Crippen molar-refractivity contribution in [1.82, 2.24) is 0 Å². The van der Waals surface area contributed by atoms with E-state index in [9.17, 15) is 4.57 Å². The Bertz CT molecular complexity index is 196. The van der Waals surface area contributed by atoms with Crippen LogP contribution in [0.5, 0.6) is 0 Å². The van der Waals surface area contributed by atoms with Crippen molar-refractivity contribution >= 4 is 24.2 Å². The molecule has 0 spiro atoms. The van der Waals surface area contributed by atoms with E-state index in [0.717, 1.165) is 6.26 Å². The lowest BCUT2D eigenvalue weighted by Crippen LogP contribution is -2.14. The fourth-order valence-corrected chi connectivity index (χ4v) is 0.998. The molecule has 0 radical (unpaired) electrons. The topological polar surface area (TPSA) is 55.8 Å². The van der Waals surface area contributed by atoms with E-state index in [2.05, 4.69) is 20.5 Å². The van der Waals surface area contributed by atoms with Crippen molar-refractivity contribution < 1.29 is 18.7 Å². The maximum atomic E-state index is 10.2. The normalized spacial score (nSPS) is 15.6. The van der Waals surface area contributed by atoms with E-state index in [0.29, 0.717) is 5.76 Å². The minimum atomic E-state index is -2.93. The highest BCUT2D eigenvalue weighted by atomic mass is 79.9. The second-order valence-electron chi connectivity index (χ2n) is 2.54. The lowest BCUT2D eigenvalue weighted by Gasteiger charge is -2.18. The van der Waals surface area contributed by atoms with Crippen molar-refractivity contribution in [1.29, 1.82) is 0 Å². The molecule has 0 heterocycles. The van der Waals surface area contributed by atoms with Crippen molar-refractivity contribution in [3.05, 3.63) is 12.0 Å². The first kappa shape index (κ1) is 12.0. The molecule has 0 aromatic carbocycles. The van der Waals surface area contributed by atoms with Gasteiger partial charge in [-0.1, -0.05) is 15.9 Å². The Hall–Kier alpha value is 0.01000. The molecule has 0 aliphatic carbocycles. The molecule has 0 amide bonds. The maximum absolute atomic E-state index is 10.2. The van der Waals surface area contributed by atoms with Gasteiger partial charge < -0.3 is 14.2 Å². The Morgan fingerprint density at radius 2 is 2.17 bits per heavy atom. The van der Waals surface area contributed by atoms with Gasteiger partial charge in [-0.2, -0.15) is 0 Å². The van der Waals surface area contributed by atoms with E-state index in [-0.39, 0.29) is 0 Å². The molecule has 0 saturated carbocycles. The molecule has 0 aliphatic rings. The van der Waals surface area contributed by atoms with Crippen molar-refractivity contribution in [3.63, 3.8) is 0 Å². The third-order valence-corrected chi connectivity index (χ3v) is 1.78. The zero-order valence-electron chi connectivity index (χ0n) is 7.13. The van der Waals surface area contributed by atoms with Gasteiger partial charge in [0.2, 0.25) is 0 Å². The largest absolute Gasteiger partial charge is 0.496 e. The highest BCUT2D eigenvalue weighted by Gasteiger charge is 2.20. The van der Waals surface area contributed by atoms with Crippen molar-refractivity contribution in [2.45, 2.75) is 18.2 Å². The molecule has 12 heavy (non-hydrogen) atoms. The van der Waals surface area contributed by atoms with Gasteiger partial charge in [0, 0.05) is 0 Å². The second kappa shape index (κ2) is 4.90. The van der Waals surface area contributed by atoms with Gasteiger partial charge in [0.25, 0.3) is 0 Å². The van der Waals surface area contributed by atoms with E-state index < -0.39 is 12.6 Å². The summed E-state index contributed by atoms with van der Waals surface area (Å²) in [5.74, 6) is 0.454. The van der Waals surface area contributed by atoms with Gasteiger partial charge in [0.1, 0.15) is 12.0 Å². The molecule has 0 fully saturated rings. The van der Waals surface area contributed by atoms with E-state index in [1.807, 2.05) is 13.8 Å². The number of halogens is 1. The lowest BCUT2D eigenvalue weighted by atomic mass is 10.2. The third-order valence-electron chi connectivity index (χ3n) is 1.07. The molecule has 72 valence electrons. The van der Waals surface area contributed by atoms with E-state index in [1.54, 1.807) is 0 Å². The van der Waals surface area contributed by atoms with Crippen LogP contribution in [0, 0.1) is 0 Å². The van der Waals surface area contributed by atoms with Crippen LogP contribution in [0.15, 0.2) is 12.0 Å². The molecule has 0 aromatic rings. The molecule has 0 rings (SSSR count). The SMILES string of the molecule is COC(=CO[PH](=O)O)C(C)(C)Br. The summed E-state index contributed by atoms with van der Waals surface area (Å²) in [5.41, 5.74) is 0. The summed E-state index contributed by atoms with van der Waals surface area (Å²) in [5, 5.41) is 0. The second-order valence-corrected chi connectivity index (χ2v) is 5.29. The van der Waals surface area contributed by atoms with Gasteiger partial charge in [-0.25, -0.2) is 4.57 Å². The van der Waals surface area contributed by atoms with Crippen LogP contribution in [0.3, 0.4) is 0 Å². The number of ether oxygens (including phenoxy) is 1. The average molecular weight is 259 g/mol. The minimum Gasteiger partial charge on any atom is -0.496 e. The zero-order chi connectivity index (χ0) is 9.78. The van der Waals surface area contributed by atoms with Gasteiger partial charge in [-0.3, -0.25) is 0 Å². The summed E-state index contributed by atoms with van der Waals surface area (Å²) in [6.45, 7) is 3.67. The Morgan fingerprint density at radius 3 is 2.42 bits per heavy atom. The van der Waals surface area contributed by atoms with E-state index in [1.165, 1.54) is 7.11 Å². The molecule has 0 aliphatic heterocycles. The van der Waals surface area contributed by atoms with Gasteiger partial charge in [0.15, 0.2) is 0 Å². The Labute approximate surface area is 80.6 Å². The molecular weight excluding hydrogens is 247 g/mol. The summed E-state index contributed by atoms with van der Waals surface area (Å²) in [6.07, 6.45) is 1.13. The number of rotatable bonds is 4. The van der Waals surface area contributed by atoms with Crippen LogP contribution in [-0.4, -0.2) is 16.3 Å². The van der Waals surface area contributed by atoms with Crippen molar-refractivity contribution in [2.75, 3.05) is 7.11 Å². The first-order valence-electron chi connectivity index (χ1n) is 3.21. The fraction of sp³-hybridized carbons (Fsp3) is 0.667. The number of hydrogen-bond acceptors (Lipinski definition) is 3. The predicted molar refractivity (Wildman–Crippen MR) is 50.4 cm³/mol. The molecule has 4 nitrogen and oxygen atoms in total. The molecule has 0 aromatic heterocycles. The standard InChI is InChI=1S/C6H12BrO4P/c1-6(2,7)5(10-3)4-11-12(8)9/h4,12H,1-3H3,(H,8,9). The highest BCUT2D eigenvalue weighted by Crippen LogP contribution is 2.28. The monoisotopic (exact) mass is 258 g/mol. The number of allylic oxidation sites excluding steroid dienone is 1. The van der Waals surface area contributed by atoms with E-state index >= 15 is 0 Å². The number of hydrogen-bond donors (Lipinski definition) is 1. The van der Waals surface area contributed by atoms with Crippen LogP contribution in [0.1, 0.15) is 13.8 Å². The average Bonchev–Trinajstić information content (AvgIpc) is 1.85. The quantitative estimate of drug-likeness (QED) is 0.477. The lowest BCUT2D eigenvalue weighted by molar-refractivity contribution is 0.246. The van der Waals surface area contributed by atoms with Crippen LogP contribution in [0.2, 0.25) is 0 Å². The van der Waals surface area contributed by atoms with Crippen LogP contribution >= 0.6 is 24.2 Å². The first-order chi connectivity index (χ1) is 5.38. The van der Waals surface area contributed by atoms with Crippen molar-refractivity contribution in [2.24, 2.45) is 0 Å². The summed E-state index contributed by atoms with van der Waals surface area (Å²) in [6, 6.07) is 0. The van der Waals surface area contributed by atoms with Crippen molar-refractivity contribution in [3.8, 4) is 0 Å². The smallest absolute Gasteiger partial charge is 0.364 e. The van der Waals surface area contributed by atoms with Crippen LogP contribution in [0.4, 0.5) is 0 Å². The van der Waals surface area contributed by atoms with E-state index in [4.69, 9.17) is 9.63 Å². The molecule has 1 unspecified atom stereocenters. The van der Waals surface area contributed by atoms with Gasteiger partial charge in [-0.15, -0.1) is 0 Å². The fourth-order valence-electron chi connectivity index (χ4n) is 0.535. The molecule has 6 heteroatoms.